The van der Waals surface area contributed by atoms with E-state index >= 15 is 0 Å². The van der Waals surface area contributed by atoms with Crippen LogP contribution in [-0.2, 0) is 14.3 Å². The third-order valence-electron chi connectivity index (χ3n) is 5.42. The van der Waals surface area contributed by atoms with Crippen molar-refractivity contribution in [2.45, 2.75) is 19.9 Å². The van der Waals surface area contributed by atoms with Gasteiger partial charge in [0.05, 0.1) is 30.0 Å². The minimum absolute atomic E-state index is 0.119. The molecule has 2 aromatic carbocycles. The molecule has 2 N–H and O–H groups in total. The predicted molar refractivity (Wildman–Crippen MR) is 138 cm³/mol. The highest BCUT2D eigenvalue weighted by atomic mass is 35.5. The minimum atomic E-state index is -0.862. The van der Waals surface area contributed by atoms with Crippen molar-refractivity contribution in [3.8, 4) is 5.75 Å². The number of hydrogen-bond donors (Lipinski definition) is 2. The molecule has 1 saturated heterocycles. The number of amides is 3. The van der Waals surface area contributed by atoms with E-state index in [9.17, 15) is 14.4 Å². The molecule has 1 aliphatic rings. The summed E-state index contributed by atoms with van der Waals surface area (Å²) in [5.74, 6) is -0.909. The van der Waals surface area contributed by atoms with Gasteiger partial charge in [-0.3, -0.25) is 14.4 Å². The van der Waals surface area contributed by atoms with Gasteiger partial charge in [0, 0.05) is 23.7 Å². The van der Waals surface area contributed by atoms with Crippen molar-refractivity contribution in [2.75, 3.05) is 32.9 Å². The van der Waals surface area contributed by atoms with Crippen molar-refractivity contribution in [2.24, 2.45) is 11.0 Å². The zero-order chi connectivity index (χ0) is 26.1. The van der Waals surface area contributed by atoms with Gasteiger partial charge in [0.15, 0.2) is 6.61 Å². The van der Waals surface area contributed by atoms with E-state index in [1.807, 2.05) is 0 Å². The molecule has 0 spiro atoms. The first-order chi connectivity index (χ1) is 17.3. The SMILES string of the molecule is CC(C)C(NC(=O)c1ccc(Cl)cc1Cl)C(=O)N/N=C/c1ccccc1OCC(=O)N1CCOCC1. The lowest BCUT2D eigenvalue weighted by atomic mass is 10.0. The summed E-state index contributed by atoms with van der Waals surface area (Å²) < 4.78 is 11.0. The summed E-state index contributed by atoms with van der Waals surface area (Å²) in [6.45, 7) is 5.58. The van der Waals surface area contributed by atoms with Gasteiger partial charge in [0.2, 0.25) is 0 Å². The van der Waals surface area contributed by atoms with Crippen molar-refractivity contribution < 1.29 is 23.9 Å². The highest BCUT2D eigenvalue weighted by molar-refractivity contribution is 6.36. The molecule has 192 valence electrons. The Morgan fingerprint density at radius 3 is 2.56 bits per heavy atom. The molecule has 0 saturated carbocycles. The van der Waals surface area contributed by atoms with Crippen LogP contribution in [0.15, 0.2) is 47.6 Å². The van der Waals surface area contributed by atoms with Crippen molar-refractivity contribution in [1.29, 1.82) is 0 Å². The highest BCUT2D eigenvalue weighted by Gasteiger charge is 2.25. The Morgan fingerprint density at radius 1 is 1.14 bits per heavy atom. The fourth-order valence-corrected chi connectivity index (χ4v) is 3.92. The van der Waals surface area contributed by atoms with E-state index in [-0.39, 0.29) is 29.0 Å². The van der Waals surface area contributed by atoms with Gasteiger partial charge in [-0.15, -0.1) is 0 Å². The van der Waals surface area contributed by atoms with Gasteiger partial charge in [-0.1, -0.05) is 49.2 Å². The van der Waals surface area contributed by atoms with Crippen LogP contribution in [-0.4, -0.2) is 67.8 Å². The zero-order valence-electron chi connectivity index (χ0n) is 20.0. The Labute approximate surface area is 219 Å². The summed E-state index contributed by atoms with van der Waals surface area (Å²) in [6, 6.07) is 10.7. The van der Waals surface area contributed by atoms with Crippen LogP contribution in [0.5, 0.6) is 5.75 Å². The monoisotopic (exact) mass is 534 g/mol. The van der Waals surface area contributed by atoms with Crippen LogP contribution in [0.25, 0.3) is 0 Å². The number of rotatable bonds is 9. The van der Waals surface area contributed by atoms with Gasteiger partial charge in [-0.25, -0.2) is 5.43 Å². The number of para-hydroxylation sites is 1. The molecule has 1 aliphatic heterocycles. The van der Waals surface area contributed by atoms with E-state index in [0.717, 1.165) is 0 Å². The Kier molecular flexibility index (Phi) is 10.1. The standard InChI is InChI=1S/C25H28Cl2N4O5/c1-16(2)23(29-24(33)19-8-7-18(26)13-20(19)27)25(34)30-28-14-17-5-3-4-6-21(17)36-15-22(32)31-9-11-35-12-10-31/h3-8,13-14,16,23H,9-12,15H2,1-2H3,(H,29,33)(H,30,34)/b28-14+. The summed E-state index contributed by atoms with van der Waals surface area (Å²) in [4.78, 5) is 39.5. The van der Waals surface area contributed by atoms with Crippen molar-refractivity contribution in [3.05, 3.63) is 63.6 Å². The van der Waals surface area contributed by atoms with Crippen molar-refractivity contribution >= 4 is 47.1 Å². The molecule has 0 bridgehead atoms. The smallest absolute Gasteiger partial charge is 0.262 e. The molecule has 2 aromatic rings. The normalized spacial score (nSPS) is 14.5. The molecule has 3 amide bonds. The maximum Gasteiger partial charge on any atom is 0.262 e. The number of carbonyl (C=O) groups is 3. The Hall–Kier alpha value is -3.14. The van der Waals surface area contributed by atoms with Crippen LogP contribution in [0.2, 0.25) is 10.0 Å². The van der Waals surface area contributed by atoms with Gasteiger partial charge in [-0.2, -0.15) is 5.10 Å². The molecule has 0 aromatic heterocycles. The summed E-state index contributed by atoms with van der Waals surface area (Å²) >= 11 is 12.0. The van der Waals surface area contributed by atoms with Gasteiger partial charge >= 0.3 is 0 Å². The quantitative estimate of drug-likeness (QED) is 0.379. The van der Waals surface area contributed by atoms with E-state index in [1.165, 1.54) is 18.3 Å². The number of hydrazone groups is 1. The molecular formula is C25H28Cl2N4O5. The third-order valence-corrected chi connectivity index (χ3v) is 5.97. The van der Waals surface area contributed by atoms with Crippen LogP contribution >= 0.6 is 23.2 Å². The third kappa shape index (κ3) is 7.68. The molecule has 0 radical (unpaired) electrons. The molecule has 3 rings (SSSR count). The number of nitrogens with zero attached hydrogens (tertiary/aromatic N) is 2. The predicted octanol–water partition coefficient (Wildman–Crippen LogP) is 3.14. The van der Waals surface area contributed by atoms with Crippen LogP contribution in [0.1, 0.15) is 29.8 Å². The van der Waals surface area contributed by atoms with Gasteiger partial charge in [0.25, 0.3) is 17.7 Å². The Morgan fingerprint density at radius 2 is 1.86 bits per heavy atom. The van der Waals surface area contributed by atoms with Crippen LogP contribution in [0, 0.1) is 5.92 Å². The van der Waals surface area contributed by atoms with Crippen molar-refractivity contribution in [3.63, 3.8) is 0 Å². The highest BCUT2D eigenvalue weighted by Crippen LogP contribution is 2.21. The van der Waals surface area contributed by atoms with Gasteiger partial charge in [0.1, 0.15) is 11.8 Å². The first kappa shape index (κ1) is 27.4. The minimum Gasteiger partial charge on any atom is -0.483 e. The molecule has 0 aliphatic carbocycles. The number of hydrogen-bond acceptors (Lipinski definition) is 6. The molecule has 36 heavy (non-hydrogen) atoms. The van der Waals surface area contributed by atoms with Crippen molar-refractivity contribution in [1.82, 2.24) is 15.6 Å². The largest absolute Gasteiger partial charge is 0.483 e. The number of ether oxygens (including phenoxy) is 2. The lowest BCUT2D eigenvalue weighted by molar-refractivity contribution is -0.137. The van der Waals surface area contributed by atoms with E-state index in [1.54, 1.807) is 49.1 Å². The van der Waals surface area contributed by atoms with E-state index in [2.05, 4.69) is 15.8 Å². The van der Waals surface area contributed by atoms with Gasteiger partial charge < -0.3 is 19.7 Å². The first-order valence-corrected chi connectivity index (χ1v) is 12.2. The molecular weight excluding hydrogens is 507 g/mol. The Bertz CT molecular complexity index is 1120. The summed E-state index contributed by atoms with van der Waals surface area (Å²) in [6.07, 6.45) is 1.42. The molecule has 11 heteroatoms. The summed E-state index contributed by atoms with van der Waals surface area (Å²) in [5, 5.41) is 7.30. The fourth-order valence-electron chi connectivity index (χ4n) is 3.42. The molecule has 1 heterocycles. The molecule has 9 nitrogen and oxygen atoms in total. The fraction of sp³-hybridized carbons (Fsp3) is 0.360. The average molecular weight is 535 g/mol. The Balaban J connectivity index is 1.60. The van der Waals surface area contributed by atoms with E-state index in [4.69, 9.17) is 32.7 Å². The molecule has 1 fully saturated rings. The maximum atomic E-state index is 12.8. The van der Waals surface area contributed by atoms with Crippen LogP contribution in [0.4, 0.5) is 0 Å². The summed E-state index contributed by atoms with van der Waals surface area (Å²) in [7, 11) is 0. The number of carbonyl (C=O) groups excluding carboxylic acids is 3. The second-order valence-corrected chi connectivity index (χ2v) is 9.22. The lowest BCUT2D eigenvalue weighted by Gasteiger charge is -2.26. The van der Waals surface area contributed by atoms with E-state index < -0.39 is 17.9 Å². The van der Waals surface area contributed by atoms with E-state index in [0.29, 0.717) is 42.6 Å². The first-order valence-electron chi connectivity index (χ1n) is 11.4. The van der Waals surface area contributed by atoms with Crippen LogP contribution in [0.3, 0.4) is 0 Å². The van der Waals surface area contributed by atoms with Gasteiger partial charge in [-0.05, 0) is 36.2 Å². The summed E-state index contributed by atoms with van der Waals surface area (Å²) in [5.41, 5.74) is 3.24. The second-order valence-electron chi connectivity index (χ2n) is 8.37. The second kappa shape index (κ2) is 13.2. The number of benzene rings is 2. The maximum absolute atomic E-state index is 12.8. The van der Waals surface area contributed by atoms with Crippen LogP contribution < -0.4 is 15.5 Å². The number of morpholine rings is 1. The number of nitrogens with one attached hydrogen (secondary N) is 2. The molecule has 1 unspecified atom stereocenters. The lowest BCUT2D eigenvalue weighted by Crippen LogP contribution is -2.48. The average Bonchev–Trinajstić information content (AvgIpc) is 2.86. The number of halogens is 2. The zero-order valence-corrected chi connectivity index (χ0v) is 21.5. The molecule has 1 atom stereocenters. The topological polar surface area (TPSA) is 109 Å².